The van der Waals surface area contributed by atoms with Crippen LogP contribution >= 0.6 is 12.4 Å². The first-order chi connectivity index (χ1) is 10.3. The Hall–Kier alpha value is -1.30. The van der Waals surface area contributed by atoms with Crippen LogP contribution in [0.25, 0.3) is 0 Å². The number of aryl methyl sites for hydroxylation is 1. The Labute approximate surface area is 138 Å². The van der Waals surface area contributed by atoms with Crippen molar-refractivity contribution in [1.29, 1.82) is 0 Å². The molecule has 0 unspecified atom stereocenters. The molecule has 5 nitrogen and oxygen atoms in total. The van der Waals surface area contributed by atoms with Gasteiger partial charge < -0.3 is 15.4 Å². The number of ether oxygens (including phenoxy) is 1. The minimum atomic E-state index is 0. The topological polar surface area (TPSA) is 53.6 Å². The van der Waals surface area contributed by atoms with Gasteiger partial charge >= 0.3 is 0 Å². The zero-order valence-electron chi connectivity index (χ0n) is 13.1. The Bertz CT molecular complexity index is 451. The molecule has 0 spiro atoms. The van der Waals surface area contributed by atoms with Crippen LogP contribution in [0.3, 0.4) is 0 Å². The zero-order chi connectivity index (χ0) is 14.9. The first kappa shape index (κ1) is 18.7. The van der Waals surface area contributed by atoms with E-state index in [0.29, 0.717) is 12.8 Å². The number of rotatable bonds is 7. The molecule has 6 heteroatoms. The molecule has 22 heavy (non-hydrogen) atoms. The first-order valence-electron chi connectivity index (χ1n) is 7.61. The van der Waals surface area contributed by atoms with E-state index in [1.807, 2.05) is 24.3 Å². The third-order valence-corrected chi connectivity index (χ3v) is 3.77. The van der Waals surface area contributed by atoms with Crippen LogP contribution in [0.15, 0.2) is 24.3 Å². The highest BCUT2D eigenvalue weighted by molar-refractivity contribution is 5.85. The maximum absolute atomic E-state index is 11.9. The van der Waals surface area contributed by atoms with Gasteiger partial charge in [0.15, 0.2) is 0 Å². The molecule has 1 heterocycles. The Morgan fingerprint density at radius 3 is 2.77 bits per heavy atom. The fraction of sp³-hybridized carbons (Fsp3) is 0.562. The molecule has 124 valence electrons. The predicted molar refractivity (Wildman–Crippen MR) is 90.9 cm³/mol. The molecule has 0 aliphatic carbocycles. The second-order valence-electron chi connectivity index (χ2n) is 5.25. The van der Waals surface area contributed by atoms with Crippen LogP contribution in [-0.4, -0.2) is 57.2 Å². The maximum atomic E-state index is 11.9. The van der Waals surface area contributed by atoms with Gasteiger partial charge in [-0.15, -0.1) is 12.4 Å². The minimum Gasteiger partial charge on any atom is -0.496 e. The molecule has 1 aromatic rings. The molecule has 0 atom stereocenters. The van der Waals surface area contributed by atoms with Gasteiger partial charge in [0.1, 0.15) is 5.75 Å². The highest BCUT2D eigenvalue weighted by Gasteiger charge is 2.10. The average molecular weight is 328 g/mol. The van der Waals surface area contributed by atoms with Gasteiger partial charge in [0.2, 0.25) is 5.91 Å². The van der Waals surface area contributed by atoms with E-state index in [-0.39, 0.29) is 18.3 Å². The van der Waals surface area contributed by atoms with Crippen LogP contribution in [0.4, 0.5) is 0 Å². The van der Waals surface area contributed by atoms with Gasteiger partial charge in [0, 0.05) is 45.7 Å². The number of benzene rings is 1. The summed E-state index contributed by atoms with van der Waals surface area (Å²) < 4.78 is 5.29. The normalized spacial score (nSPS) is 15.0. The van der Waals surface area contributed by atoms with E-state index in [9.17, 15) is 4.79 Å². The number of halogens is 1. The Morgan fingerprint density at radius 1 is 1.32 bits per heavy atom. The van der Waals surface area contributed by atoms with Crippen LogP contribution < -0.4 is 15.4 Å². The molecule has 0 radical (unpaired) electrons. The lowest BCUT2D eigenvalue weighted by molar-refractivity contribution is -0.121. The van der Waals surface area contributed by atoms with Gasteiger partial charge in [-0.25, -0.2) is 0 Å². The molecule has 0 bridgehead atoms. The number of amides is 1. The van der Waals surface area contributed by atoms with Crippen molar-refractivity contribution in [2.75, 3.05) is 46.4 Å². The van der Waals surface area contributed by atoms with Crippen molar-refractivity contribution in [1.82, 2.24) is 15.5 Å². The number of carbonyl (C=O) groups excluding carboxylic acids is 1. The summed E-state index contributed by atoms with van der Waals surface area (Å²) in [5.74, 6) is 0.960. The van der Waals surface area contributed by atoms with Crippen molar-refractivity contribution in [2.45, 2.75) is 12.8 Å². The lowest BCUT2D eigenvalue weighted by atomic mass is 10.1. The van der Waals surface area contributed by atoms with Crippen molar-refractivity contribution in [3.63, 3.8) is 0 Å². The maximum Gasteiger partial charge on any atom is 0.220 e. The SMILES string of the molecule is COc1ccccc1CCC(=O)NCCN1CCNCC1.Cl. The van der Waals surface area contributed by atoms with E-state index in [2.05, 4.69) is 15.5 Å². The first-order valence-corrected chi connectivity index (χ1v) is 7.61. The summed E-state index contributed by atoms with van der Waals surface area (Å²) in [5.41, 5.74) is 1.08. The van der Waals surface area contributed by atoms with Crippen molar-refractivity contribution in [2.24, 2.45) is 0 Å². The molecule has 1 aliphatic heterocycles. The van der Waals surface area contributed by atoms with Crippen molar-refractivity contribution >= 4 is 18.3 Å². The van der Waals surface area contributed by atoms with E-state index < -0.39 is 0 Å². The molecular weight excluding hydrogens is 302 g/mol. The van der Waals surface area contributed by atoms with Gasteiger partial charge in [-0.1, -0.05) is 18.2 Å². The summed E-state index contributed by atoms with van der Waals surface area (Å²) in [6.07, 6.45) is 1.21. The van der Waals surface area contributed by atoms with Gasteiger partial charge in [-0.05, 0) is 18.1 Å². The smallest absolute Gasteiger partial charge is 0.220 e. The highest BCUT2D eigenvalue weighted by atomic mass is 35.5. The molecule has 0 aromatic heterocycles. The van der Waals surface area contributed by atoms with Crippen molar-refractivity contribution < 1.29 is 9.53 Å². The largest absolute Gasteiger partial charge is 0.496 e. The van der Waals surface area contributed by atoms with Gasteiger partial charge in [0.25, 0.3) is 0 Å². The van der Waals surface area contributed by atoms with Crippen molar-refractivity contribution in [3.8, 4) is 5.75 Å². The summed E-state index contributed by atoms with van der Waals surface area (Å²) in [7, 11) is 1.66. The van der Waals surface area contributed by atoms with Gasteiger partial charge in [-0.2, -0.15) is 0 Å². The Balaban J connectivity index is 0.00000242. The number of hydrogen-bond donors (Lipinski definition) is 2. The van der Waals surface area contributed by atoms with Crippen LogP contribution in [0.2, 0.25) is 0 Å². The number of hydrogen-bond acceptors (Lipinski definition) is 4. The molecule has 2 rings (SSSR count). The number of nitrogens with zero attached hydrogens (tertiary/aromatic N) is 1. The Kier molecular flexibility index (Phi) is 8.89. The fourth-order valence-electron chi connectivity index (χ4n) is 2.53. The number of piperazine rings is 1. The molecule has 1 aliphatic rings. The van der Waals surface area contributed by atoms with Crippen LogP contribution in [0.1, 0.15) is 12.0 Å². The van der Waals surface area contributed by atoms with Crippen molar-refractivity contribution in [3.05, 3.63) is 29.8 Å². The molecule has 1 fully saturated rings. The summed E-state index contributed by atoms with van der Waals surface area (Å²) in [4.78, 5) is 14.2. The van der Waals surface area contributed by atoms with Crippen LogP contribution in [-0.2, 0) is 11.2 Å². The third-order valence-electron chi connectivity index (χ3n) is 3.77. The molecule has 1 saturated heterocycles. The quantitative estimate of drug-likeness (QED) is 0.786. The summed E-state index contributed by atoms with van der Waals surface area (Å²) in [6.45, 7) is 5.88. The van der Waals surface area contributed by atoms with E-state index in [1.54, 1.807) is 7.11 Å². The molecular formula is C16H26ClN3O2. The van der Waals surface area contributed by atoms with E-state index in [4.69, 9.17) is 4.74 Å². The second-order valence-corrected chi connectivity index (χ2v) is 5.25. The number of methoxy groups -OCH3 is 1. The number of carbonyl (C=O) groups is 1. The zero-order valence-corrected chi connectivity index (χ0v) is 14.0. The summed E-state index contributed by atoms with van der Waals surface area (Å²) in [5, 5.41) is 6.32. The van der Waals surface area contributed by atoms with E-state index >= 15 is 0 Å². The summed E-state index contributed by atoms with van der Waals surface area (Å²) in [6, 6.07) is 7.85. The van der Waals surface area contributed by atoms with Gasteiger partial charge in [-0.3, -0.25) is 9.69 Å². The predicted octanol–water partition coefficient (Wildman–Crippen LogP) is 1.07. The van der Waals surface area contributed by atoms with Crippen LogP contribution in [0.5, 0.6) is 5.75 Å². The molecule has 1 amide bonds. The monoisotopic (exact) mass is 327 g/mol. The highest BCUT2D eigenvalue weighted by Crippen LogP contribution is 2.18. The van der Waals surface area contributed by atoms with Gasteiger partial charge in [0.05, 0.1) is 7.11 Å². The molecule has 2 N–H and O–H groups in total. The minimum absolute atomic E-state index is 0. The lowest BCUT2D eigenvalue weighted by Crippen LogP contribution is -2.46. The lowest BCUT2D eigenvalue weighted by Gasteiger charge is -2.27. The Morgan fingerprint density at radius 2 is 2.05 bits per heavy atom. The third kappa shape index (κ3) is 6.22. The average Bonchev–Trinajstić information content (AvgIpc) is 2.54. The van der Waals surface area contributed by atoms with Crippen LogP contribution in [0, 0.1) is 0 Å². The number of nitrogens with one attached hydrogen (secondary N) is 2. The van der Waals surface area contributed by atoms with E-state index in [1.165, 1.54) is 0 Å². The standard InChI is InChI=1S/C16H25N3O2.ClH/c1-21-15-5-3-2-4-14(15)6-7-16(20)18-10-13-19-11-8-17-9-12-19;/h2-5,17H,6-13H2,1H3,(H,18,20);1H. The second kappa shape index (κ2) is 10.4. The number of para-hydroxylation sites is 1. The summed E-state index contributed by atoms with van der Waals surface area (Å²) >= 11 is 0. The molecule has 1 aromatic carbocycles. The molecule has 0 saturated carbocycles. The fourth-order valence-corrected chi connectivity index (χ4v) is 2.53. The van der Waals surface area contributed by atoms with E-state index in [0.717, 1.165) is 50.6 Å².